The molecular formula is C26H30N4O4. The average molecular weight is 463 g/mol. The lowest BCUT2D eigenvalue weighted by Crippen LogP contribution is -2.29. The highest BCUT2D eigenvalue weighted by molar-refractivity contribution is 5.94. The number of hydrogen-bond donors (Lipinski definition) is 1. The fourth-order valence-corrected chi connectivity index (χ4v) is 4.53. The number of rotatable bonds is 10. The van der Waals surface area contributed by atoms with Crippen molar-refractivity contribution in [2.75, 3.05) is 11.9 Å². The van der Waals surface area contributed by atoms with Gasteiger partial charge in [0, 0.05) is 11.8 Å². The molecule has 0 fully saturated rings. The van der Waals surface area contributed by atoms with Crippen LogP contribution in [0.5, 0.6) is 0 Å². The van der Waals surface area contributed by atoms with Crippen LogP contribution in [0.25, 0.3) is 11.0 Å². The number of nitrogens with one attached hydrogen (secondary N) is 1. The molecule has 0 radical (unpaired) electrons. The third-order valence-corrected chi connectivity index (χ3v) is 6.21. The molecule has 0 saturated carbocycles. The molecule has 1 aromatic heterocycles. The number of unbranched alkanes of at least 4 members (excludes halogenated alkanes) is 5. The molecule has 0 saturated heterocycles. The first-order chi connectivity index (χ1) is 16.5. The largest absolute Gasteiger partial charge is 0.462 e. The highest BCUT2D eigenvalue weighted by Crippen LogP contribution is 2.42. The van der Waals surface area contributed by atoms with Crippen LogP contribution in [0.15, 0.2) is 59.8 Å². The molecule has 1 aliphatic rings. The van der Waals surface area contributed by atoms with Crippen LogP contribution in [0.4, 0.5) is 11.6 Å². The molecule has 0 aliphatic carbocycles. The average Bonchev–Trinajstić information content (AvgIpc) is 3.20. The van der Waals surface area contributed by atoms with Gasteiger partial charge in [0.05, 0.1) is 33.7 Å². The Kier molecular flexibility index (Phi) is 7.25. The first-order valence-corrected chi connectivity index (χ1v) is 11.9. The Morgan fingerprint density at radius 3 is 2.59 bits per heavy atom. The minimum absolute atomic E-state index is 0.0489. The minimum atomic E-state index is -0.734. The summed E-state index contributed by atoms with van der Waals surface area (Å²) in [5, 5.41) is 15.1. The lowest BCUT2D eigenvalue weighted by Gasteiger charge is -2.30. The fourth-order valence-electron chi connectivity index (χ4n) is 4.53. The number of anilines is 1. The van der Waals surface area contributed by atoms with Crippen LogP contribution >= 0.6 is 0 Å². The van der Waals surface area contributed by atoms with Crippen LogP contribution in [0, 0.1) is 10.1 Å². The molecule has 1 unspecified atom stereocenters. The zero-order valence-corrected chi connectivity index (χ0v) is 19.6. The predicted molar refractivity (Wildman–Crippen MR) is 132 cm³/mol. The molecule has 0 spiro atoms. The van der Waals surface area contributed by atoms with Crippen LogP contribution in [0.3, 0.4) is 0 Å². The zero-order valence-electron chi connectivity index (χ0n) is 19.6. The van der Waals surface area contributed by atoms with Crippen molar-refractivity contribution in [1.29, 1.82) is 0 Å². The summed E-state index contributed by atoms with van der Waals surface area (Å²) in [5.41, 5.74) is 2.83. The number of allylic oxidation sites excluding steroid dienone is 1. The van der Waals surface area contributed by atoms with Crippen molar-refractivity contribution in [2.24, 2.45) is 0 Å². The smallest absolute Gasteiger partial charge is 0.338 e. The molecule has 2 heterocycles. The van der Waals surface area contributed by atoms with Crippen molar-refractivity contribution in [3.05, 3.63) is 75.5 Å². The lowest BCUT2D eigenvalue weighted by molar-refractivity contribution is -0.385. The molecule has 2 aromatic carbocycles. The highest BCUT2D eigenvalue weighted by atomic mass is 16.6. The van der Waals surface area contributed by atoms with E-state index in [-0.39, 0.29) is 5.69 Å². The van der Waals surface area contributed by atoms with Gasteiger partial charge in [0.2, 0.25) is 5.95 Å². The molecule has 1 atom stereocenters. The van der Waals surface area contributed by atoms with Crippen LogP contribution in [-0.2, 0) is 9.53 Å². The minimum Gasteiger partial charge on any atom is -0.462 e. The maximum Gasteiger partial charge on any atom is 0.338 e. The fraction of sp³-hybridized carbons (Fsp3) is 0.385. The number of nitro benzene ring substituents is 1. The summed E-state index contributed by atoms with van der Waals surface area (Å²) < 4.78 is 7.53. The van der Waals surface area contributed by atoms with E-state index in [2.05, 4.69) is 17.2 Å². The van der Waals surface area contributed by atoms with Gasteiger partial charge in [-0.3, -0.25) is 14.7 Å². The number of nitrogens with zero attached hydrogens (tertiary/aromatic N) is 3. The van der Waals surface area contributed by atoms with Gasteiger partial charge in [-0.2, -0.15) is 0 Å². The van der Waals surface area contributed by atoms with E-state index in [9.17, 15) is 14.9 Å². The topological polar surface area (TPSA) is 99.3 Å². The number of imidazole rings is 1. The van der Waals surface area contributed by atoms with Crippen molar-refractivity contribution < 1.29 is 14.5 Å². The molecule has 4 rings (SSSR count). The molecule has 1 aliphatic heterocycles. The summed E-state index contributed by atoms with van der Waals surface area (Å²) in [4.78, 5) is 29.5. The summed E-state index contributed by atoms with van der Waals surface area (Å²) in [5.74, 6) is 0.0689. The normalized spacial score (nSPS) is 15.2. The zero-order chi connectivity index (χ0) is 24.1. The first kappa shape index (κ1) is 23.5. The second-order valence-corrected chi connectivity index (χ2v) is 8.58. The van der Waals surface area contributed by atoms with Crippen molar-refractivity contribution >= 4 is 28.6 Å². The number of para-hydroxylation sites is 3. The van der Waals surface area contributed by atoms with Gasteiger partial charge >= 0.3 is 5.97 Å². The maximum absolute atomic E-state index is 13.4. The van der Waals surface area contributed by atoms with Crippen LogP contribution in [-0.4, -0.2) is 27.1 Å². The molecule has 8 heteroatoms. The summed E-state index contributed by atoms with van der Waals surface area (Å²) in [7, 11) is 0. The van der Waals surface area contributed by atoms with Gasteiger partial charge in [-0.05, 0) is 31.5 Å². The molecule has 3 aromatic rings. The molecule has 0 bridgehead atoms. The number of carbonyl (C=O) groups is 1. The SMILES string of the molecule is CCCCCCCCOC(=O)C1=C(C)Nc2nc3ccccc3n2C1c1ccccc1[N+](=O)[O-]. The van der Waals surface area contributed by atoms with Gasteiger partial charge in [-0.1, -0.05) is 63.3 Å². The molecule has 34 heavy (non-hydrogen) atoms. The maximum atomic E-state index is 13.4. The summed E-state index contributed by atoms with van der Waals surface area (Å²) in [6.07, 6.45) is 6.52. The van der Waals surface area contributed by atoms with Gasteiger partial charge in [0.1, 0.15) is 6.04 Å². The monoisotopic (exact) mass is 462 g/mol. The number of carbonyl (C=O) groups excluding carboxylic acids is 1. The van der Waals surface area contributed by atoms with Gasteiger partial charge in [-0.25, -0.2) is 9.78 Å². The summed E-state index contributed by atoms with van der Waals surface area (Å²) >= 11 is 0. The number of ether oxygens (including phenoxy) is 1. The van der Waals surface area contributed by atoms with E-state index < -0.39 is 16.9 Å². The third kappa shape index (κ3) is 4.66. The second-order valence-electron chi connectivity index (χ2n) is 8.58. The third-order valence-electron chi connectivity index (χ3n) is 6.21. The van der Waals surface area contributed by atoms with Crippen LogP contribution in [0.1, 0.15) is 64.0 Å². The molecule has 8 nitrogen and oxygen atoms in total. The number of nitro groups is 1. The number of fused-ring (bicyclic) bond motifs is 3. The molecule has 0 amide bonds. The second kappa shape index (κ2) is 10.5. The highest BCUT2D eigenvalue weighted by Gasteiger charge is 2.38. The molecule has 1 N–H and O–H groups in total. The first-order valence-electron chi connectivity index (χ1n) is 11.9. The predicted octanol–water partition coefficient (Wildman–Crippen LogP) is 6.14. The number of benzene rings is 2. The van der Waals surface area contributed by atoms with E-state index in [1.807, 2.05) is 28.8 Å². The number of aromatic nitrogens is 2. The van der Waals surface area contributed by atoms with Crippen molar-refractivity contribution in [2.45, 2.75) is 58.4 Å². The number of hydrogen-bond acceptors (Lipinski definition) is 6. The Hall–Kier alpha value is -3.68. The van der Waals surface area contributed by atoms with Gasteiger partial charge < -0.3 is 10.1 Å². The Morgan fingerprint density at radius 1 is 1.09 bits per heavy atom. The van der Waals surface area contributed by atoms with E-state index in [0.29, 0.717) is 29.4 Å². The van der Waals surface area contributed by atoms with Crippen molar-refractivity contribution in [1.82, 2.24) is 9.55 Å². The number of esters is 1. The Labute approximate surface area is 198 Å². The lowest BCUT2D eigenvalue weighted by atomic mass is 9.93. The van der Waals surface area contributed by atoms with Crippen LogP contribution in [0.2, 0.25) is 0 Å². The standard InChI is InChI=1S/C26H30N4O4/c1-3-4-5-6-7-12-17-34-25(31)23-18(2)27-26-28-20-14-9-11-16-22(20)29(26)24(23)19-13-8-10-15-21(19)30(32)33/h8-11,13-16,24H,3-7,12,17H2,1-2H3,(H,27,28). The van der Waals surface area contributed by atoms with Gasteiger partial charge in [-0.15, -0.1) is 0 Å². The summed E-state index contributed by atoms with van der Waals surface area (Å²) in [6, 6.07) is 13.3. The van der Waals surface area contributed by atoms with Crippen molar-refractivity contribution in [3.8, 4) is 0 Å². The molecular weight excluding hydrogens is 432 g/mol. The summed E-state index contributed by atoms with van der Waals surface area (Å²) in [6.45, 7) is 4.28. The van der Waals surface area contributed by atoms with Gasteiger partial charge in [0.25, 0.3) is 5.69 Å². The van der Waals surface area contributed by atoms with E-state index in [1.165, 1.54) is 25.3 Å². The van der Waals surface area contributed by atoms with Gasteiger partial charge in [0.15, 0.2) is 0 Å². The Morgan fingerprint density at radius 2 is 1.79 bits per heavy atom. The van der Waals surface area contributed by atoms with E-state index >= 15 is 0 Å². The quantitative estimate of drug-likeness (QED) is 0.168. The van der Waals surface area contributed by atoms with E-state index in [4.69, 9.17) is 4.74 Å². The molecule has 178 valence electrons. The Balaban J connectivity index is 1.69. The van der Waals surface area contributed by atoms with E-state index in [1.54, 1.807) is 25.1 Å². The van der Waals surface area contributed by atoms with Crippen LogP contribution < -0.4 is 5.32 Å². The van der Waals surface area contributed by atoms with Crippen molar-refractivity contribution in [3.63, 3.8) is 0 Å². The Bertz CT molecular complexity index is 1230. The van der Waals surface area contributed by atoms with E-state index in [0.717, 1.165) is 30.3 Å².